The first kappa shape index (κ1) is 25.9. The van der Waals surface area contributed by atoms with E-state index in [1.165, 1.54) is 25.8 Å². The number of carbonyl (C=O) groups excluding carboxylic acids is 1. The summed E-state index contributed by atoms with van der Waals surface area (Å²) in [5, 5.41) is 9.76. The number of anilines is 2. The summed E-state index contributed by atoms with van der Waals surface area (Å²) in [4.78, 5) is 25.6. The number of hydrogen-bond acceptors (Lipinski definition) is 6. The largest absolute Gasteiger partial charge is 0.490 e. The van der Waals surface area contributed by atoms with Gasteiger partial charge in [0.05, 0.1) is 0 Å². The summed E-state index contributed by atoms with van der Waals surface area (Å²) in [6, 6.07) is 8.98. The summed E-state index contributed by atoms with van der Waals surface area (Å²) in [6.45, 7) is 5.63. The van der Waals surface area contributed by atoms with Crippen molar-refractivity contribution < 1.29 is 36.3 Å². The van der Waals surface area contributed by atoms with Crippen molar-refractivity contribution >= 4 is 33.1 Å². The lowest BCUT2D eigenvalue weighted by Crippen LogP contribution is -2.39. The number of sulfone groups is 1. The number of carbonyl (C=O) groups is 2. The highest BCUT2D eigenvalue weighted by molar-refractivity contribution is 7.91. The fraction of sp³-hybridized carbons (Fsp3) is 0.600. The van der Waals surface area contributed by atoms with Crippen LogP contribution in [0.4, 0.5) is 24.5 Å². The molecule has 2 aliphatic heterocycles. The molecule has 0 saturated carbocycles. The first-order chi connectivity index (χ1) is 14.8. The average molecular weight is 480 g/mol. The molecule has 0 aromatic heterocycles. The van der Waals surface area contributed by atoms with Crippen molar-refractivity contribution in [2.45, 2.75) is 44.4 Å². The molecule has 0 spiro atoms. The second-order valence-corrected chi connectivity index (χ2v) is 10.2. The highest BCUT2D eigenvalue weighted by atomic mass is 32.2. The minimum absolute atomic E-state index is 0.490. The Morgan fingerprint density at radius 1 is 1.16 bits per heavy atom. The molecule has 2 N–H and O–H groups in total. The summed E-state index contributed by atoms with van der Waals surface area (Å²) < 4.78 is 54.0. The van der Waals surface area contributed by atoms with E-state index in [-0.39, 0.29) is 0 Å². The number of nitrogens with zero attached hydrogens (tertiary/aromatic N) is 2. The molecule has 1 aromatic carbocycles. The Labute approximate surface area is 185 Å². The average Bonchev–Trinajstić information content (AvgIpc) is 3.29. The van der Waals surface area contributed by atoms with E-state index >= 15 is 0 Å². The fourth-order valence-corrected chi connectivity index (χ4v) is 4.48. The van der Waals surface area contributed by atoms with E-state index in [0.29, 0.717) is 17.8 Å². The predicted molar refractivity (Wildman–Crippen MR) is 114 cm³/mol. The second-order valence-electron chi connectivity index (χ2n) is 8.09. The Morgan fingerprint density at radius 2 is 1.75 bits per heavy atom. The van der Waals surface area contributed by atoms with Crippen LogP contribution in [0.2, 0.25) is 0 Å². The van der Waals surface area contributed by atoms with Crippen LogP contribution in [0.15, 0.2) is 24.3 Å². The van der Waals surface area contributed by atoms with Gasteiger partial charge in [0, 0.05) is 42.8 Å². The van der Waals surface area contributed by atoms with E-state index in [4.69, 9.17) is 9.90 Å². The maximum absolute atomic E-state index is 11.7. The zero-order valence-corrected chi connectivity index (χ0v) is 18.7. The zero-order valence-electron chi connectivity index (χ0n) is 17.9. The van der Waals surface area contributed by atoms with Crippen molar-refractivity contribution in [1.29, 1.82) is 0 Å². The number of carboxylic acid groups (broad SMARTS) is 1. The van der Waals surface area contributed by atoms with E-state index in [1.807, 2.05) is 24.3 Å². The minimum atomic E-state index is -5.08. The van der Waals surface area contributed by atoms with Crippen LogP contribution in [-0.2, 0) is 19.4 Å². The number of rotatable bonds is 5. The smallest absolute Gasteiger partial charge is 0.475 e. The lowest BCUT2D eigenvalue weighted by Gasteiger charge is -2.28. The third kappa shape index (κ3) is 7.97. The third-order valence-electron chi connectivity index (χ3n) is 5.39. The number of carboxylic acids is 1. The van der Waals surface area contributed by atoms with Gasteiger partial charge in [-0.2, -0.15) is 13.2 Å². The van der Waals surface area contributed by atoms with Crippen molar-refractivity contribution in [1.82, 2.24) is 4.90 Å². The highest BCUT2D eigenvalue weighted by Gasteiger charge is 2.38. The van der Waals surface area contributed by atoms with Gasteiger partial charge >= 0.3 is 12.1 Å². The lowest BCUT2D eigenvalue weighted by molar-refractivity contribution is -0.192. The molecule has 2 aliphatic rings. The van der Waals surface area contributed by atoms with Gasteiger partial charge in [0.25, 0.3) is 0 Å². The molecular weight excluding hydrogens is 451 g/mol. The van der Waals surface area contributed by atoms with Gasteiger partial charge in [0.2, 0.25) is 5.91 Å². The monoisotopic (exact) mass is 479 g/mol. The Morgan fingerprint density at radius 3 is 2.22 bits per heavy atom. The number of amides is 1. The Kier molecular flexibility index (Phi) is 8.52. The van der Waals surface area contributed by atoms with Gasteiger partial charge in [-0.3, -0.25) is 9.69 Å². The van der Waals surface area contributed by atoms with E-state index < -0.39 is 33.6 Å². The van der Waals surface area contributed by atoms with Crippen LogP contribution in [0.3, 0.4) is 0 Å². The molecule has 3 rings (SSSR count). The summed E-state index contributed by atoms with van der Waals surface area (Å²) in [6.07, 6.45) is -0.226. The third-order valence-corrected chi connectivity index (χ3v) is 6.18. The standard InChI is InChI=1S/C18H27N3O3S.C2HF3O2/c1-14-4-3-10-21(14)17-9-11-20(12-17)16-7-5-15(6-8-16)19-18(22)13-25(2,23)24;3-2(4,5)1(6)7/h5-8,14,17H,3-4,9-13H2,1-2H3,(H,19,22);(H,6,7). The second kappa shape index (κ2) is 10.5. The van der Waals surface area contributed by atoms with Crippen molar-refractivity contribution in [2.24, 2.45) is 0 Å². The molecule has 0 aliphatic carbocycles. The van der Waals surface area contributed by atoms with E-state index in [2.05, 4.69) is 22.0 Å². The first-order valence-electron chi connectivity index (χ1n) is 10.1. The normalized spacial score (nSPS) is 21.7. The van der Waals surface area contributed by atoms with Crippen LogP contribution < -0.4 is 10.2 Å². The molecule has 2 atom stereocenters. The molecule has 2 saturated heterocycles. The van der Waals surface area contributed by atoms with Crippen molar-refractivity contribution in [2.75, 3.05) is 41.9 Å². The van der Waals surface area contributed by atoms with Gasteiger partial charge in [-0.25, -0.2) is 13.2 Å². The van der Waals surface area contributed by atoms with Gasteiger partial charge in [0.15, 0.2) is 9.84 Å². The molecule has 32 heavy (non-hydrogen) atoms. The Bertz CT molecular complexity index is 906. The molecule has 8 nitrogen and oxygen atoms in total. The Hall–Kier alpha value is -2.34. The molecule has 2 heterocycles. The number of aliphatic carboxylic acids is 1. The van der Waals surface area contributed by atoms with Crippen molar-refractivity contribution in [3.8, 4) is 0 Å². The number of likely N-dealkylation sites (tertiary alicyclic amines) is 1. The van der Waals surface area contributed by atoms with Crippen LogP contribution in [-0.4, -0.2) is 80.2 Å². The van der Waals surface area contributed by atoms with Gasteiger partial charge in [0.1, 0.15) is 5.75 Å². The molecule has 1 aromatic rings. The topological polar surface area (TPSA) is 107 Å². The molecule has 0 bridgehead atoms. The van der Waals surface area contributed by atoms with E-state index in [9.17, 15) is 26.4 Å². The van der Waals surface area contributed by atoms with Crippen molar-refractivity contribution in [3.63, 3.8) is 0 Å². The molecule has 0 radical (unpaired) electrons. The maximum atomic E-state index is 11.7. The lowest BCUT2D eigenvalue weighted by atomic mass is 10.2. The summed E-state index contributed by atoms with van der Waals surface area (Å²) >= 11 is 0. The van der Waals surface area contributed by atoms with Crippen molar-refractivity contribution in [3.05, 3.63) is 24.3 Å². The first-order valence-corrected chi connectivity index (χ1v) is 12.2. The summed E-state index contributed by atoms with van der Waals surface area (Å²) in [7, 11) is -3.31. The fourth-order valence-electron chi connectivity index (χ4n) is 3.94. The Balaban J connectivity index is 0.000000451. The van der Waals surface area contributed by atoms with Crippen LogP contribution in [0.25, 0.3) is 0 Å². The molecule has 2 fully saturated rings. The minimum Gasteiger partial charge on any atom is -0.475 e. The SMILES string of the molecule is CC1CCCN1C1CCN(c2ccc(NC(=O)CS(C)(=O)=O)cc2)C1.O=C(O)C(F)(F)F. The molecular formula is C20H28F3N3O5S. The number of nitrogens with one attached hydrogen (secondary N) is 1. The quantitative estimate of drug-likeness (QED) is 0.668. The predicted octanol–water partition coefficient (Wildman–Crippen LogP) is 2.37. The number of halogens is 3. The highest BCUT2D eigenvalue weighted by Crippen LogP contribution is 2.28. The summed E-state index contributed by atoms with van der Waals surface area (Å²) in [5.41, 5.74) is 1.77. The van der Waals surface area contributed by atoms with Gasteiger partial charge < -0.3 is 15.3 Å². The number of benzene rings is 1. The zero-order chi connectivity index (χ0) is 24.1. The van der Waals surface area contributed by atoms with Crippen LogP contribution in [0, 0.1) is 0 Å². The van der Waals surface area contributed by atoms with E-state index in [0.717, 1.165) is 25.0 Å². The number of alkyl halides is 3. The van der Waals surface area contributed by atoms with Crippen LogP contribution >= 0.6 is 0 Å². The van der Waals surface area contributed by atoms with E-state index in [1.54, 1.807) is 0 Å². The maximum Gasteiger partial charge on any atom is 0.490 e. The number of hydrogen-bond donors (Lipinski definition) is 2. The van der Waals surface area contributed by atoms with Crippen LogP contribution in [0.5, 0.6) is 0 Å². The molecule has 12 heteroatoms. The van der Waals surface area contributed by atoms with Gasteiger partial charge in [-0.1, -0.05) is 0 Å². The summed E-state index contributed by atoms with van der Waals surface area (Å²) in [5.74, 6) is -3.75. The van der Waals surface area contributed by atoms with Gasteiger partial charge in [-0.05, 0) is 57.0 Å². The van der Waals surface area contributed by atoms with Gasteiger partial charge in [-0.15, -0.1) is 0 Å². The van der Waals surface area contributed by atoms with Crippen LogP contribution in [0.1, 0.15) is 26.2 Å². The molecule has 2 unspecified atom stereocenters. The molecule has 180 valence electrons. The molecule has 1 amide bonds.